The van der Waals surface area contributed by atoms with Gasteiger partial charge in [0, 0.05) is 56.7 Å². The van der Waals surface area contributed by atoms with Crippen LogP contribution in [0.5, 0.6) is 0 Å². The minimum atomic E-state index is -0.172. The molecule has 0 N–H and O–H groups in total. The number of aromatic nitrogens is 2. The molecule has 7 nitrogen and oxygen atoms in total. The van der Waals surface area contributed by atoms with Gasteiger partial charge in [0.05, 0.1) is 6.54 Å². The largest absolute Gasteiger partial charge is 0.340 e. The molecule has 0 aliphatic carbocycles. The van der Waals surface area contributed by atoms with Gasteiger partial charge in [-0.05, 0) is 25.7 Å². The highest BCUT2D eigenvalue weighted by Crippen LogP contribution is 2.28. The van der Waals surface area contributed by atoms with Gasteiger partial charge in [0.15, 0.2) is 0 Å². The first-order chi connectivity index (χ1) is 12.1. The van der Waals surface area contributed by atoms with Gasteiger partial charge < -0.3 is 14.4 Å². The maximum absolute atomic E-state index is 12.6. The molecule has 4 heterocycles. The van der Waals surface area contributed by atoms with E-state index in [0.29, 0.717) is 19.5 Å². The Bertz CT molecular complexity index is 757. The maximum atomic E-state index is 12.6. The zero-order chi connectivity index (χ0) is 17.4. The van der Waals surface area contributed by atoms with Gasteiger partial charge in [0.2, 0.25) is 11.8 Å². The molecular weight excluding hydrogens is 320 g/mol. The predicted molar refractivity (Wildman–Crippen MR) is 91.2 cm³/mol. The van der Waals surface area contributed by atoms with Crippen molar-refractivity contribution in [3.63, 3.8) is 0 Å². The van der Waals surface area contributed by atoms with Crippen molar-refractivity contribution in [3.05, 3.63) is 27.9 Å². The van der Waals surface area contributed by atoms with Crippen LogP contribution >= 0.6 is 0 Å². The van der Waals surface area contributed by atoms with E-state index in [4.69, 9.17) is 0 Å². The van der Waals surface area contributed by atoms with Gasteiger partial charge >= 0.3 is 0 Å². The number of rotatable bonds is 3. The summed E-state index contributed by atoms with van der Waals surface area (Å²) in [4.78, 5) is 44.0. The smallest absolute Gasteiger partial charge is 0.273 e. The van der Waals surface area contributed by atoms with Gasteiger partial charge in [-0.2, -0.15) is 4.98 Å². The summed E-state index contributed by atoms with van der Waals surface area (Å²) in [6, 6.07) is 1.65. The number of carbonyl (C=O) groups is 2. The highest BCUT2D eigenvalue weighted by Gasteiger charge is 2.30. The summed E-state index contributed by atoms with van der Waals surface area (Å²) in [5.74, 6) is 1.17. The van der Waals surface area contributed by atoms with Gasteiger partial charge in [-0.15, -0.1) is 0 Å². The molecule has 0 bridgehead atoms. The fraction of sp³-hybridized carbons (Fsp3) is 0.667. The van der Waals surface area contributed by atoms with Crippen LogP contribution in [0.2, 0.25) is 0 Å². The number of carbonyl (C=O) groups excluding carboxylic acids is 2. The minimum absolute atomic E-state index is 0.0259. The second-order valence-electron chi connectivity index (χ2n) is 7.29. The number of fused-ring (bicyclic) bond motifs is 1. The topological polar surface area (TPSA) is 75.5 Å². The van der Waals surface area contributed by atoms with Crippen LogP contribution < -0.4 is 5.56 Å². The average Bonchev–Trinajstić information content (AvgIpc) is 3.23. The van der Waals surface area contributed by atoms with Crippen LogP contribution in [0.15, 0.2) is 10.9 Å². The molecule has 3 aliphatic rings. The lowest BCUT2D eigenvalue weighted by Crippen LogP contribution is -2.45. The molecule has 2 saturated heterocycles. The fourth-order valence-electron chi connectivity index (χ4n) is 4.34. The Balaban J connectivity index is 1.49. The number of likely N-dealkylation sites (tertiary alicyclic amines) is 2. The van der Waals surface area contributed by atoms with E-state index in [0.717, 1.165) is 56.7 Å². The average molecular weight is 344 g/mol. The zero-order valence-corrected chi connectivity index (χ0v) is 14.4. The predicted octanol–water partition coefficient (Wildman–Crippen LogP) is 0.518. The van der Waals surface area contributed by atoms with Crippen LogP contribution in [0, 0.1) is 0 Å². The SMILES string of the molecule is O=C1CCCN1CC(=O)N1CCC[C@@H](c2cc(=O)nc3n2CCC3)C1. The van der Waals surface area contributed by atoms with Gasteiger partial charge in [-0.25, -0.2) is 0 Å². The van der Waals surface area contributed by atoms with E-state index in [2.05, 4.69) is 9.55 Å². The lowest BCUT2D eigenvalue weighted by atomic mass is 9.94. The van der Waals surface area contributed by atoms with Crippen LogP contribution in [-0.2, 0) is 22.6 Å². The highest BCUT2D eigenvalue weighted by molar-refractivity contribution is 5.86. The molecule has 7 heteroatoms. The number of hydrogen-bond acceptors (Lipinski definition) is 4. The van der Waals surface area contributed by atoms with Gasteiger partial charge in [-0.3, -0.25) is 14.4 Å². The Morgan fingerprint density at radius 1 is 1.12 bits per heavy atom. The molecule has 0 aromatic carbocycles. The Labute approximate surface area is 146 Å². The van der Waals surface area contributed by atoms with Crippen molar-refractivity contribution >= 4 is 11.8 Å². The fourth-order valence-corrected chi connectivity index (χ4v) is 4.34. The van der Waals surface area contributed by atoms with Crippen LogP contribution in [0.3, 0.4) is 0 Å². The normalized spacial score (nSPS) is 23.2. The Morgan fingerprint density at radius 3 is 2.76 bits per heavy atom. The molecule has 4 rings (SSSR count). The third-order valence-electron chi connectivity index (χ3n) is 5.61. The van der Waals surface area contributed by atoms with Crippen LogP contribution in [0.4, 0.5) is 0 Å². The quantitative estimate of drug-likeness (QED) is 0.801. The Hall–Kier alpha value is -2.18. The number of hydrogen-bond donors (Lipinski definition) is 0. The van der Waals surface area contributed by atoms with E-state index in [1.807, 2.05) is 4.90 Å². The monoisotopic (exact) mass is 344 g/mol. The van der Waals surface area contributed by atoms with E-state index in [9.17, 15) is 14.4 Å². The summed E-state index contributed by atoms with van der Waals surface area (Å²) in [7, 11) is 0. The van der Waals surface area contributed by atoms with Crippen LogP contribution in [-0.4, -0.2) is 57.3 Å². The maximum Gasteiger partial charge on any atom is 0.273 e. The highest BCUT2D eigenvalue weighted by atomic mass is 16.2. The summed E-state index contributed by atoms with van der Waals surface area (Å²) in [5.41, 5.74) is 0.858. The third-order valence-corrected chi connectivity index (χ3v) is 5.61. The second kappa shape index (κ2) is 6.61. The van der Waals surface area contributed by atoms with Crippen molar-refractivity contribution < 1.29 is 9.59 Å². The molecule has 2 fully saturated rings. The number of aryl methyl sites for hydroxylation is 1. The molecule has 1 atom stereocenters. The van der Waals surface area contributed by atoms with Crippen molar-refractivity contribution in [1.29, 1.82) is 0 Å². The minimum Gasteiger partial charge on any atom is -0.340 e. The van der Waals surface area contributed by atoms with E-state index < -0.39 is 0 Å². The van der Waals surface area contributed by atoms with E-state index >= 15 is 0 Å². The van der Waals surface area contributed by atoms with E-state index in [-0.39, 0.29) is 29.8 Å². The molecule has 25 heavy (non-hydrogen) atoms. The molecule has 3 aliphatic heterocycles. The Kier molecular flexibility index (Phi) is 4.31. The lowest BCUT2D eigenvalue weighted by Gasteiger charge is -2.34. The molecule has 0 saturated carbocycles. The van der Waals surface area contributed by atoms with Crippen LogP contribution in [0.25, 0.3) is 0 Å². The van der Waals surface area contributed by atoms with E-state index in [1.54, 1.807) is 11.0 Å². The number of amides is 2. The summed E-state index contributed by atoms with van der Waals surface area (Å²) in [6.45, 7) is 3.16. The summed E-state index contributed by atoms with van der Waals surface area (Å²) in [6.07, 6.45) is 5.19. The van der Waals surface area contributed by atoms with Crippen molar-refractivity contribution in [2.24, 2.45) is 0 Å². The molecule has 0 radical (unpaired) electrons. The molecule has 1 aromatic heterocycles. The molecule has 2 amide bonds. The standard InChI is InChI=1S/C18H24N4O3/c23-16-10-14(22-9-2-5-15(22)19-16)13-4-1-7-20(11-13)18(25)12-21-8-3-6-17(21)24/h10,13H,1-9,11-12H2/t13-/m1/s1. The van der Waals surface area contributed by atoms with Crippen molar-refractivity contribution in [2.75, 3.05) is 26.2 Å². The molecule has 0 spiro atoms. The summed E-state index contributed by atoms with van der Waals surface area (Å²) in [5, 5.41) is 0. The molecule has 1 aromatic rings. The first-order valence-corrected chi connectivity index (χ1v) is 9.28. The van der Waals surface area contributed by atoms with Crippen LogP contribution in [0.1, 0.15) is 49.5 Å². The van der Waals surface area contributed by atoms with Crippen molar-refractivity contribution in [1.82, 2.24) is 19.4 Å². The molecular formula is C18H24N4O3. The third kappa shape index (κ3) is 3.19. The van der Waals surface area contributed by atoms with E-state index in [1.165, 1.54) is 0 Å². The second-order valence-corrected chi connectivity index (χ2v) is 7.29. The zero-order valence-electron chi connectivity index (χ0n) is 14.4. The van der Waals surface area contributed by atoms with Crippen molar-refractivity contribution in [2.45, 2.75) is 51.0 Å². The van der Waals surface area contributed by atoms with Crippen molar-refractivity contribution in [3.8, 4) is 0 Å². The van der Waals surface area contributed by atoms with Gasteiger partial charge in [0.1, 0.15) is 5.82 Å². The first-order valence-electron chi connectivity index (χ1n) is 9.28. The Morgan fingerprint density at radius 2 is 1.96 bits per heavy atom. The number of piperidine rings is 1. The number of nitrogens with zero attached hydrogens (tertiary/aromatic N) is 4. The molecule has 134 valence electrons. The molecule has 0 unspecified atom stereocenters. The lowest BCUT2D eigenvalue weighted by molar-refractivity contribution is -0.139. The first kappa shape index (κ1) is 16.3. The van der Waals surface area contributed by atoms with Gasteiger partial charge in [-0.1, -0.05) is 0 Å². The van der Waals surface area contributed by atoms with Gasteiger partial charge in [0.25, 0.3) is 5.56 Å². The summed E-state index contributed by atoms with van der Waals surface area (Å²) >= 11 is 0. The summed E-state index contributed by atoms with van der Waals surface area (Å²) < 4.78 is 2.17.